The van der Waals surface area contributed by atoms with E-state index < -0.39 is 0 Å². The van der Waals surface area contributed by atoms with Crippen LogP contribution in [0, 0.1) is 6.92 Å². The van der Waals surface area contributed by atoms with Gasteiger partial charge in [-0.05, 0) is 50.2 Å². The molecule has 4 heteroatoms. The molecule has 3 rings (SSSR count). The van der Waals surface area contributed by atoms with Crippen LogP contribution in [0.2, 0.25) is 0 Å². The van der Waals surface area contributed by atoms with Crippen LogP contribution in [0.1, 0.15) is 62.1 Å². The van der Waals surface area contributed by atoms with Crippen molar-refractivity contribution in [3.63, 3.8) is 0 Å². The number of rotatable bonds is 1. The maximum atomic E-state index is 4.33. The van der Waals surface area contributed by atoms with E-state index in [1.807, 2.05) is 4.52 Å². The highest BCUT2D eigenvalue weighted by molar-refractivity contribution is 14.1. The quantitative estimate of drug-likeness (QED) is 0.529. The van der Waals surface area contributed by atoms with Gasteiger partial charge in [-0.3, -0.25) is 0 Å². The lowest BCUT2D eigenvalue weighted by Crippen LogP contribution is -1.98. The first kappa shape index (κ1) is 14.3. The molecule has 0 spiro atoms. The molecular formula is C16H22IN3. The largest absolute Gasteiger partial charge is 0.238 e. The third kappa shape index (κ3) is 3.15. The first-order valence-electron chi connectivity index (χ1n) is 7.68. The Kier molecular flexibility index (Phi) is 4.58. The highest BCUT2D eigenvalue weighted by Crippen LogP contribution is 2.33. The van der Waals surface area contributed by atoms with E-state index in [0.717, 1.165) is 15.1 Å². The summed E-state index contributed by atoms with van der Waals surface area (Å²) in [6.07, 6.45) is 13.4. The Morgan fingerprint density at radius 2 is 1.90 bits per heavy atom. The molecule has 0 bridgehead atoms. The number of halogens is 1. The molecule has 1 fully saturated rings. The van der Waals surface area contributed by atoms with Gasteiger partial charge < -0.3 is 0 Å². The van der Waals surface area contributed by atoms with Crippen molar-refractivity contribution in [2.45, 2.75) is 61.7 Å². The monoisotopic (exact) mass is 383 g/mol. The van der Waals surface area contributed by atoms with Crippen LogP contribution in [0.3, 0.4) is 0 Å². The van der Waals surface area contributed by atoms with E-state index in [9.17, 15) is 0 Å². The third-order valence-electron chi connectivity index (χ3n) is 4.48. The van der Waals surface area contributed by atoms with Gasteiger partial charge in [-0.2, -0.15) is 5.10 Å². The number of alkyl halides is 1. The molecule has 0 aromatic carbocycles. The molecule has 3 nitrogen and oxygen atoms in total. The molecular weight excluding hydrogens is 361 g/mol. The molecule has 0 N–H and O–H groups in total. The fourth-order valence-corrected chi connectivity index (χ4v) is 4.14. The van der Waals surface area contributed by atoms with Gasteiger partial charge in [0.05, 0.1) is 11.2 Å². The SMILES string of the molecule is Cc1ncnn2cc(C3CCCCC(I)CCC3)cc12. The fourth-order valence-electron chi connectivity index (χ4n) is 3.26. The molecule has 2 unspecified atom stereocenters. The van der Waals surface area contributed by atoms with E-state index in [2.05, 4.69) is 51.9 Å². The van der Waals surface area contributed by atoms with Gasteiger partial charge in [-0.15, -0.1) is 0 Å². The Labute approximate surface area is 134 Å². The molecule has 2 aromatic heterocycles. The molecule has 2 heterocycles. The molecule has 1 saturated carbocycles. The minimum absolute atomic E-state index is 0.706. The van der Waals surface area contributed by atoms with Gasteiger partial charge in [0.15, 0.2) is 0 Å². The summed E-state index contributed by atoms with van der Waals surface area (Å²) in [7, 11) is 0. The second kappa shape index (κ2) is 6.41. The Bertz CT molecular complexity index is 578. The van der Waals surface area contributed by atoms with Crippen LogP contribution in [-0.4, -0.2) is 18.5 Å². The lowest BCUT2D eigenvalue weighted by molar-refractivity contribution is 0.540. The molecule has 108 valence electrons. The van der Waals surface area contributed by atoms with Gasteiger partial charge in [0.25, 0.3) is 0 Å². The van der Waals surface area contributed by atoms with Crippen molar-refractivity contribution in [1.29, 1.82) is 0 Å². The van der Waals surface area contributed by atoms with Crippen molar-refractivity contribution < 1.29 is 0 Å². The first-order valence-corrected chi connectivity index (χ1v) is 8.92. The van der Waals surface area contributed by atoms with Crippen LogP contribution >= 0.6 is 22.6 Å². The minimum Gasteiger partial charge on any atom is -0.238 e. The summed E-state index contributed by atoms with van der Waals surface area (Å²) in [6.45, 7) is 2.06. The zero-order valence-corrected chi connectivity index (χ0v) is 14.2. The van der Waals surface area contributed by atoms with E-state index in [1.54, 1.807) is 6.33 Å². The van der Waals surface area contributed by atoms with E-state index in [4.69, 9.17) is 0 Å². The fraction of sp³-hybridized carbons (Fsp3) is 0.625. The van der Waals surface area contributed by atoms with E-state index >= 15 is 0 Å². The van der Waals surface area contributed by atoms with Gasteiger partial charge in [-0.1, -0.05) is 41.9 Å². The third-order valence-corrected chi connectivity index (χ3v) is 5.73. The number of aryl methyl sites for hydroxylation is 1. The summed E-state index contributed by atoms with van der Waals surface area (Å²) in [6, 6.07) is 2.30. The molecule has 2 aromatic rings. The molecule has 2 atom stereocenters. The van der Waals surface area contributed by atoms with Crippen molar-refractivity contribution in [3.8, 4) is 0 Å². The van der Waals surface area contributed by atoms with E-state index in [-0.39, 0.29) is 0 Å². The summed E-state index contributed by atoms with van der Waals surface area (Å²) in [5, 5.41) is 4.33. The Hall–Kier alpha value is -0.650. The predicted molar refractivity (Wildman–Crippen MR) is 90.6 cm³/mol. The molecule has 20 heavy (non-hydrogen) atoms. The molecule has 0 aliphatic heterocycles. The van der Waals surface area contributed by atoms with Gasteiger partial charge >= 0.3 is 0 Å². The lowest BCUT2D eigenvalue weighted by Gasteiger charge is -2.13. The number of nitrogens with zero attached hydrogens (tertiary/aromatic N) is 3. The summed E-state index contributed by atoms with van der Waals surface area (Å²) in [4.78, 5) is 4.29. The highest BCUT2D eigenvalue weighted by atomic mass is 127. The lowest BCUT2D eigenvalue weighted by atomic mass is 9.91. The Balaban J connectivity index is 1.83. The summed E-state index contributed by atoms with van der Waals surface area (Å²) in [5.74, 6) is 0.706. The van der Waals surface area contributed by atoms with Crippen LogP contribution in [0.5, 0.6) is 0 Å². The molecule has 0 radical (unpaired) electrons. The average molecular weight is 383 g/mol. The molecule has 1 aliphatic carbocycles. The number of hydrogen-bond donors (Lipinski definition) is 0. The topological polar surface area (TPSA) is 30.2 Å². The maximum absolute atomic E-state index is 4.33. The Morgan fingerprint density at radius 1 is 1.15 bits per heavy atom. The molecule has 1 aliphatic rings. The second-order valence-corrected chi connectivity index (χ2v) is 7.72. The van der Waals surface area contributed by atoms with Crippen LogP contribution < -0.4 is 0 Å². The number of fused-ring (bicyclic) bond motifs is 1. The highest BCUT2D eigenvalue weighted by Gasteiger charge is 2.17. The van der Waals surface area contributed by atoms with Crippen LogP contribution in [0.15, 0.2) is 18.6 Å². The Morgan fingerprint density at radius 3 is 2.75 bits per heavy atom. The van der Waals surface area contributed by atoms with Gasteiger partial charge in [0.2, 0.25) is 0 Å². The first-order chi connectivity index (χ1) is 9.74. The zero-order chi connectivity index (χ0) is 13.9. The van der Waals surface area contributed by atoms with Crippen molar-refractivity contribution in [2.75, 3.05) is 0 Å². The predicted octanol–water partition coefficient (Wildman–Crippen LogP) is 4.67. The summed E-state index contributed by atoms with van der Waals surface area (Å²) in [5.41, 5.74) is 3.69. The smallest absolute Gasteiger partial charge is 0.136 e. The number of hydrogen-bond acceptors (Lipinski definition) is 2. The summed E-state index contributed by atoms with van der Waals surface area (Å²) < 4.78 is 2.87. The van der Waals surface area contributed by atoms with Crippen LogP contribution in [0.25, 0.3) is 5.52 Å². The van der Waals surface area contributed by atoms with E-state index in [1.165, 1.54) is 50.5 Å². The summed E-state index contributed by atoms with van der Waals surface area (Å²) >= 11 is 2.63. The van der Waals surface area contributed by atoms with Crippen LogP contribution in [-0.2, 0) is 0 Å². The normalized spacial score (nSPS) is 25.1. The van der Waals surface area contributed by atoms with Crippen molar-refractivity contribution >= 4 is 28.1 Å². The minimum atomic E-state index is 0.706. The zero-order valence-electron chi connectivity index (χ0n) is 12.1. The second-order valence-electron chi connectivity index (χ2n) is 5.96. The number of aromatic nitrogens is 3. The van der Waals surface area contributed by atoms with Crippen molar-refractivity contribution in [3.05, 3.63) is 29.8 Å². The van der Waals surface area contributed by atoms with Crippen molar-refractivity contribution in [2.24, 2.45) is 0 Å². The molecule has 0 amide bonds. The van der Waals surface area contributed by atoms with Gasteiger partial charge in [-0.25, -0.2) is 9.50 Å². The maximum Gasteiger partial charge on any atom is 0.136 e. The molecule has 0 saturated heterocycles. The van der Waals surface area contributed by atoms with Crippen molar-refractivity contribution in [1.82, 2.24) is 14.6 Å². The standard InChI is InChI=1S/C16H22IN3/c1-12-16-9-14(10-20(16)19-11-18-12)13-5-2-3-7-15(17)8-4-6-13/h9-11,13,15H,2-8H2,1H3. The van der Waals surface area contributed by atoms with Gasteiger partial charge in [0, 0.05) is 10.1 Å². The van der Waals surface area contributed by atoms with Gasteiger partial charge in [0.1, 0.15) is 6.33 Å². The van der Waals surface area contributed by atoms with E-state index in [0.29, 0.717) is 5.92 Å². The average Bonchev–Trinajstić information content (AvgIpc) is 2.89. The van der Waals surface area contributed by atoms with Crippen LogP contribution in [0.4, 0.5) is 0 Å².